The molecule has 0 aliphatic heterocycles. The largest absolute Gasteiger partial charge is 0.480 e. The minimum atomic E-state index is -0.910. The predicted octanol–water partition coefficient (Wildman–Crippen LogP) is 1.24. The maximum atomic E-state index is 11.7. The van der Waals surface area contributed by atoms with E-state index in [0.29, 0.717) is 18.9 Å². The third kappa shape index (κ3) is 7.27. The van der Waals surface area contributed by atoms with Crippen LogP contribution < -0.4 is 10.6 Å². The standard InChI is InChI=1S/C13H26N2O3/c1-8(2)6-11(13(17)18)15-10(5)12(16)14-7-9(3)4/h8-11,15H,6-7H2,1-5H3,(H,14,16)(H,17,18). The summed E-state index contributed by atoms with van der Waals surface area (Å²) in [5.41, 5.74) is 0. The minimum Gasteiger partial charge on any atom is -0.480 e. The fourth-order valence-electron chi connectivity index (χ4n) is 1.55. The lowest BCUT2D eigenvalue weighted by Crippen LogP contribution is -2.50. The Bertz CT molecular complexity index is 277. The third-order valence-corrected chi connectivity index (χ3v) is 2.53. The molecule has 0 fully saturated rings. The Morgan fingerprint density at radius 1 is 1.06 bits per heavy atom. The van der Waals surface area contributed by atoms with Gasteiger partial charge in [-0.05, 0) is 25.2 Å². The van der Waals surface area contributed by atoms with Crippen LogP contribution in [0.1, 0.15) is 41.0 Å². The van der Waals surface area contributed by atoms with E-state index >= 15 is 0 Å². The lowest BCUT2D eigenvalue weighted by Gasteiger charge is -2.21. The Morgan fingerprint density at radius 2 is 1.61 bits per heavy atom. The summed E-state index contributed by atoms with van der Waals surface area (Å²) in [6, 6.07) is -1.17. The van der Waals surface area contributed by atoms with Crippen LogP contribution in [0.2, 0.25) is 0 Å². The van der Waals surface area contributed by atoms with Gasteiger partial charge in [0, 0.05) is 6.54 Å². The molecule has 0 aromatic carbocycles. The summed E-state index contributed by atoms with van der Waals surface area (Å²) in [7, 11) is 0. The van der Waals surface area contributed by atoms with E-state index in [4.69, 9.17) is 5.11 Å². The van der Waals surface area contributed by atoms with E-state index in [1.54, 1.807) is 6.92 Å². The molecule has 1 amide bonds. The van der Waals surface area contributed by atoms with Gasteiger partial charge in [0.25, 0.3) is 0 Å². The first-order valence-electron chi connectivity index (χ1n) is 6.50. The molecule has 0 aromatic rings. The van der Waals surface area contributed by atoms with Crippen LogP contribution in [0.25, 0.3) is 0 Å². The molecule has 5 heteroatoms. The zero-order chi connectivity index (χ0) is 14.3. The summed E-state index contributed by atoms with van der Waals surface area (Å²) in [6.07, 6.45) is 0.511. The Kier molecular flexibility index (Phi) is 7.59. The van der Waals surface area contributed by atoms with Crippen molar-refractivity contribution in [2.24, 2.45) is 11.8 Å². The van der Waals surface area contributed by atoms with Gasteiger partial charge in [0.2, 0.25) is 5.91 Å². The molecule has 0 spiro atoms. The van der Waals surface area contributed by atoms with Gasteiger partial charge < -0.3 is 10.4 Å². The number of rotatable bonds is 8. The number of carbonyl (C=O) groups excluding carboxylic acids is 1. The Balaban J connectivity index is 4.27. The molecule has 0 aliphatic rings. The van der Waals surface area contributed by atoms with Crippen LogP contribution in [-0.4, -0.2) is 35.6 Å². The average Bonchev–Trinajstić information content (AvgIpc) is 2.23. The van der Waals surface area contributed by atoms with Gasteiger partial charge in [0.1, 0.15) is 6.04 Å². The van der Waals surface area contributed by atoms with Gasteiger partial charge in [0.05, 0.1) is 6.04 Å². The van der Waals surface area contributed by atoms with Crippen LogP contribution in [0.3, 0.4) is 0 Å². The molecule has 0 saturated carbocycles. The third-order valence-electron chi connectivity index (χ3n) is 2.53. The normalized spacial score (nSPS) is 14.6. The number of nitrogens with one attached hydrogen (secondary N) is 2. The molecule has 3 N–H and O–H groups in total. The molecule has 18 heavy (non-hydrogen) atoms. The van der Waals surface area contributed by atoms with Crippen molar-refractivity contribution in [2.75, 3.05) is 6.54 Å². The Hall–Kier alpha value is -1.10. The molecule has 0 radical (unpaired) electrons. The maximum absolute atomic E-state index is 11.7. The van der Waals surface area contributed by atoms with E-state index < -0.39 is 18.1 Å². The molecule has 0 bridgehead atoms. The number of aliphatic carboxylic acids is 1. The lowest BCUT2D eigenvalue weighted by atomic mass is 10.0. The molecular formula is C13H26N2O3. The van der Waals surface area contributed by atoms with Gasteiger partial charge >= 0.3 is 5.97 Å². The monoisotopic (exact) mass is 258 g/mol. The average molecular weight is 258 g/mol. The van der Waals surface area contributed by atoms with E-state index in [2.05, 4.69) is 10.6 Å². The van der Waals surface area contributed by atoms with Crippen molar-refractivity contribution in [1.29, 1.82) is 0 Å². The number of hydrogen-bond donors (Lipinski definition) is 3. The second-order valence-corrected chi connectivity index (χ2v) is 5.55. The van der Waals surface area contributed by atoms with Crippen molar-refractivity contribution in [3.8, 4) is 0 Å². The first-order valence-corrected chi connectivity index (χ1v) is 6.50. The van der Waals surface area contributed by atoms with Crippen molar-refractivity contribution in [1.82, 2.24) is 10.6 Å². The topological polar surface area (TPSA) is 78.4 Å². The first kappa shape index (κ1) is 16.9. The SMILES string of the molecule is CC(C)CNC(=O)C(C)NC(CC(C)C)C(=O)O. The van der Waals surface area contributed by atoms with Gasteiger partial charge in [-0.3, -0.25) is 14.9 Å². The van der Waals surface area contributed by atoms with E-state index in [1.807, 2.05) is 27.7 Å². The van der Waals surface area contributed by atoms with Gasteiger partial charge in [-0.25, -0.2) is 0 Å². The summed E-state index contributed by atoms with van der Waals surface area (Å²) in [6.45, 7) is 10.2. The van der Waals surface area contributed by atoms with Crippen LogP contribution in [0.5, 0.6) is 0 Å². The van der Waals surface area contributed by atoms with Gasteiger partial charge in [-0.1, -0.05) is 27.7 Å². The summed E-state index contributed by atoms with van der Waals surface area (Å²) in [4.78, 5) is 22.8. The van der Waals surface area contributed by atoms with Crippen LogP contribution in [-0.2, 0) is 9.59 Å². The zero-order valence-corrected chi connectivity index (χ0v) is 12.0. The van der Waals surface area contributed by atoms with E-state index in [-0.39, 0.29) is 11.8 Å². The predicted molar refractivity (Wildman–Crippen MR) is 71.3 cm³/mol. The minimum absolute atomic E-state index is 0.154. The highest BCUT2D eigenvalue weighted by molar-refractivity contribution is 5.82. The number of carboxylic acid groups (broad SMARTS) is 1. The highest BCUT2D eigenvalue weighted by atomic mass is 16.4. The fraction of sp³-hybridized carbons (Fsp3) is 0.846. The fourth-order valence-corrected chi connectivity index (χ4v) is 1.55. The summed E-state index contributed by atoms with van der Waals surface area (Å²) in [5.74, 6) is -0.414. The quantitative estimate of drug-likeness (QED) is 0.612. The molecule has 0 rings (SSSR count). The van der Waals surface area contributed by atoms with Crippen LogP contribution in [0.4, 0.5) is 0 Å². The van der Waals surface area contributed by atoms with Crippen molar-refractivity contribution in [3.63, 3.8) is 0 Å². The smallest absolute Gasteiger partial charge is 0.320 e. The molecule has 5 nitrogen and oxygen atoms in total. The molecule has 0 heterocycles. The van der Waals surface area contributed by atoms with Crippen LogP contribution >= 0.6 is 0 Å². The molecule has 2 unspecified atom stereocenters. The molecule has 0 saturated heterocycles. The van der Waals surface area contributed by atoms with Gasteiger partial charge in [-0.2, -0.15) is 0 Å². The van der Waals surface area contributed by atoms with Crippen LogP contribution in [0.15, 0.2) is 0 Å². The summed E-state index contributed by atoms with van der Waals surface area (Å²) >= 11 is 0. The second kappa shape index (κ2) is 8.08. The highest BCUT2D eigenvalue weighted by Gasteiger charge is 2.23. The summed E-state index contributed by atoms with van der Waals surface area (Å²) in [5, 5.41) is 14.7. The lowest BCUT2D eigenvalue weighted by molar-refractivity contribution is -0.140. The highest BCUT2D eigenvalue weighted by Crippen LogP contribution is 2.06. The van der Waals surface area contributed by atoms with Crippen molar-refractivity contribution in [2.45, 2.75) is 53.1 Å². The van der Waals surface area contributed by atoms with Crippen molar-refractivity contribution in [3.05, 3.63) is 0 Å². The van der Waals surface area contributed by atoms with Crippen LogP contribution in [0, 0.1) is 11.8 Å². The molecule has 0 aliphatic carbocycles. The van der Waals surface area contributed by atoms with E-state index in [0.717, 1.165) is 0 Å². The van der Waals surface area contributed by atoms with E-state index in [1.165, 1.54) is 0 Å². The number of hydrogen-bond acceptors (Lipinski definition) is 3. The second-order valence-electron chi connectivity index (χ2n) is 5.55. The van der Waals surface area contributed by atoms with E-state index in [9.17, 15) is 9.59 Å². The maximum Gasteiger partial charge on any atom is 0.320 e. The Morgan fingerprint density at radius 3 is 2.00 bits per heavy atom. The summed E-state index contributed by atoms with van der Waals surface area (Å²) < 4.78 is 0. The number of amides is 1. The molecule has 0 aromatic heterocycles. The number of carboxylic acids is 1. The zero-order valence-electron chi connectivity index (χ0n) is 12.0. The van der Waals surface area contributed by atoms with Crippen molar-refractivity contribution < 1.29 is 14.7 Å². The van der Waals surface area contributed by atoms with Crippen molar-refractivity contribution >= 4 is 11.9 Å². The first-order chi connectivity index (χ1) is 8.23. The molecule has 106 valence electrons. The molecular weight excluding hydrogens is 232 g/mol. The van der Waals surface area contributed by atoms with Gasteiger partial charge in [-0.15, -0.1) is 0 Å². The Labute approximate surface area is 109 Å². The van der Waals surface area contributed by atoms with Gasteiger partial charge in [0.15, 0.2) is 0 Å². The number of carbonyl (C=O) groups is 2. The molecule has 2 atom stereocenters.